The van der Waals surface area contributed by atoms with Crippen molar-refractivity contribution in [1.29, 1.82) is 5.26 Å². The maximum absolute atomic E-state index is 11.0. The van der Waals surface area contributed by atoms with Crippen LogP contribution in [0, 0.1) is 11.3 Å². The van der Waals surface area contributed by atoms with Crippen molar-refractivity contribution >= 4 is 5.97 Å². The Bertz CT molecular complexity index is 428. The largest absolute Gasteiger partial charge is 0.465 e. The minimum absolute atomic E-state index is 0.165. The Morgan fingerprint density at radius 3 is 2.92 bits per heavy atom. The van der Waals surface area contributed by atoms with Crippen LogP contribution in [0.1, 0.15) is 15.9 Å². The maximum atomic E-state index is 11.0. The molecule has 1 aromatic rings. The van der Waals surface area contributed by atoms with E-state index in [1.807, 2.05) is 0 Å². The van der Waals surface area contributed by atoms with Crippen molar-refractivity contribution < 1.29 is 9.53 Å². The standard InChI is InChI=1S/C8H6N2O3/c1-13-8(12)6-2-5(3-9)4-10-7(6)11/h2,4H,1H3,(H,10,11). The number of methoxy groups -OCH3 is 1. The summed E-state index contributed by atoms with van der Waals surface area (Å²) in [7, 11) is 1.17. The second kappa shape index (κ2) is 3.54. The van der Waals surface area contributed by atoms with Gasteiger partial charge in [-0.15, -0.1) is 0 Å². The first-order valence-corrected chi connectivity index (χ1v) is 3.40. The van der Waals surface area contributed by atoms with Gasteiger partial charge in [0.15, 0.2) is 0 Å². The summed E-state index contributed by atoms with van der Waals surface area (Å²) in [5.41, 5.74) is -0.521. The Morgan fingerprint density at radius 1 is 1.69 bits per heavy atom. The summed E-state index contributed by atoms with van der Waals surface area (Å²) in [4.78, 5) is 24.2. The fourth-order valence-corrected chi connectivity index (χ4v) is 0.810. The van der Waals surface area contributed by atoms with E-state index in [2.05, 4.69) is 9.72 Å². The van der Waals surface area contributed by atoms with Gasteiger partial charge < -0.3 is 9.72 Å². The van der Waals surface area contributed by atoms with Gasteiger partial charge in [-0.2, -0.15) is 5.26 Å². The summed E-state index contributed by atoms with van der Waals surface area (Å²) in [5.74, 6) is -0.752. The third kappa shape index (κ3) is 1.73. The first-order valence-electron chi connectivity index (χ1n) is 3.40. The summed E-state index contributed by atoms with van der Waals surface area (Å²) < 4.78 is 4.35. The molecule has 5 nitrogen and oxygen atoms in total. The molecule has 0 amide bonds. The van der Waals surface area contributed by atoms with E-state index in [4.69, 9.17) is 5.26 Å². The number of hydrogen-bond acceptors (Lipinski definition) is 4. The molecule has 0 aliphatic carbocycles. The van der Waals surface area contributed by atoms with E-state index in [1.165, 1.54) is 19.4 Å². The summed E-state index contributed by atoms with van der Waals surface area (Å²) >= 11 is 0. The highest BCUT2D eigenvalue weighted by molar-refractivity contribution is 5.89. The van der Waals surface area contributed by atoms with Crippen molar-refractivity contribution in [2.75, 3.05) is 7.11 Å². The number of aromatic amines is 1. The van der Waals surface area contributed by atoms with Crippen LogP contribution in [0.25, 0.3) is 0 Å². The van der Waals surface area contributed by atoms with Gasteiger partial charge in [-0.3, -0.25) is 4.79 Å². The van der Waals surface area contributed by atoms with Gasteiger partial charge in [0.2, 0.25) is 0 Å². The van der Waals surface area contributed by atoms with Gasteiger partial charge in [0.25, 0.3) is 5.56 Å². The van der Waals surface area contributed by atoms with Crippen molar-refractivity contribution in [1.82, 2.24) is 4.98 Å². The SMILES string of the molecule is COC(=O)c1cc(C#N)c[nH]c1=O. The zero-order chi connectivity index (χ0) is 9.84. The number of aromatic nitrogens is 1. The van der Waals surface area contributed by atoms with E-state index >= 15 is 0 Å². The number of esters is 1. The predicted octanol–water partition coefficient (Wildman–Crippen LogP) is 0.0332. The van der Waals surface area contributed by atoms with Crippen molar-refractivity contribution in [3.8, 4) is 6.07 Å². The normalized spacial score (nSPS) is 8.92. The zero-order valence-electron chi connectivity index (χ0n) is 6.83. The van der Waals surface area contributed by atoms with E-state index in [9.17, 15) is 9.59 Å². The van der Waals surface area contributed by atoms with E-state index in [1.54, 1.807) is 6.07 Å². The Balaban J connectivity index is 3.29. The third-order valence-corrected chi connectivity index (χ3v) is 1.44. The van der Waals surface area contributed by atoms with Gasteiger partial charge in [-0.1, -0.05) is 0 Å². The molecule has 0 radical (unpaired) electrons. The Kier molecular flexibility index (Phi) is 2.45. The van der Waals surface area contributed by atoms with Crippen molar-refractivity contribution in [3.05, 3.63) is 33.7 Å². The molecule has 5 heteroatoms. The summed E-state index contributed by atoms with van der Waals surface area (Å²) in [5, 5.41) is 8.48. The molecule has 0 aliphatic heterocycles. The molecule has 0 unspecified atom stereocenters. The number of ether oxygens (including phenoxy) is 1. The third-order valence-electron chi connectivity index (χ3n) is 1.44. The molecule has 1 heterocycles. The molecule has 0 atom stereocenters. The van der Waals surface area contributed by atoms with Crippen LogP contribution < -0.4 is 5.56 Å². The molecular weight excluding hydrogens is 172 g/mol. The highest BCUT2D eigenvalue weighted by Gasteiger charge is 2.10. The topological polar surface area (TPSA) is 82.9 Å². The van der Waals surface area contributed by atoms with Crippen LogP contribution in [0.4, 0.5) is 0 Å². The molecule has 0 bridgehead atoms. The lowest BCUT2D eigenvalue weighted by Crippen LogP contribution is -2.18. The molecule has 66 valence electrons. The van der Waals surface area contributed by atoms with Gasteiger partial charge in [0, 0.05) is 6.20 Å². The first kappa shape index (κ1) is 9.00. The number of carbonyl (C=O) groups is 1. The van der Waals surface area contributed by atoms with Crippen LogP contribution in [0.3, 0.4) is 0 Å². The van der Waals surface area contributed by atoms with E-state index in [-0.39, 0.29) is 11.1 Å². The lowest BCUT2D eigenvalue weighted by Gasteiger charge is -1.96. The monoisotopic (exact) mass is 178 g/mol. The van der Waals surface area contributed by atoms with Crippen LogP contribution >= 0.6 is 0 Å². The van der Waals surface area contributed by atoms with E-state index in [0.717, 1.165) is 0 Å². The molecular formula is C8H6N2O3. The summed E-state index contributed by atoms with van der Waals surface area (Å²) in [6, 6.07) is 2.98. The molecule has 0 saturated carbocycles. The smallest absolute Gasteiger partial charge is 0.343 e. The van der Waals surface area contributed by atoms with Crippen LogP contribution in [0.5, 0.6) is 0 Å². The van der Waals surface area contributed by atoms with Crippen LogP contribution in [0.2, 0.25) is 0 Å². The number of pyridine rings is 1. The van der Waals surface area contributed by atoms with Gasteiger partial charge in [0.1, 0.15) is 11.6 Å². The van der Waals surface area contributed by atoms with Crippen molar-refractivity contribution in [2.45, 2.75) is 0 Å². The number of rotatable bonds is 1. The van der Waals surface area contributed by atoms with Gasteiger partial charge in [0.05, 0.1) is 12.7 Å². The second-order valence-electron chi connectivity index (χ2n) is 2.23. The highest BCUT2D eigenvalue weighted by Crippen LogP contribution is 1.97. The number of nitrogens with zero attached hydrogens (tertiary/aromatic N) is 1. The van der Waals surface area contributed by atoms with Gasteiger partial charge in [-0.25, -0.2) is 4.79 Å². The quantitative estimate of drug-likeness (QED) is 0.615. The number of nitrogens with one attached hydrogen (secondary N) is 1. The van der Waals surface area contributed by atoms with E-state index in [0.29, 0.717) is 0 Å². The minimum atomic E-state index is -0.752. The molecule has 13 heavy (non-hydrogen) atoms. The maximum Gasteiger partial charge on any atom is 0.343 e. The van der Waals surface area contributed by atoms with Crippen molar-refractivity contribution in [2.24, 2.45) is 0 Å². The lowest BCUT2D eigenvalue weighted by molar-refractivity contribution is 0.0598. The Morgan fingerprint density at radius 2 is 2.38 bits per heavy atom. The predicted molar refractivity (Wildman–Crippen MR) is 43.1 cm³/mol. The first-order chi connectivity index (χ1) is 6.19. The fourth-order valence-electron chi connectivity index (χ4n) is 0.810. The number of hydrogen-bond donors (Lipinski definition) is 1. The van der Waals surface area contributed by atoms with Gasteiger partial charge in [-0.05, 0) is 6.07 Å². The molecule has 0 saturated heterocycles. The Hall–Kier alpha value is -2.09. The van der Waals surface area contributed by atoms with Crippen LogP contribution in [-0.4, -0.2) is 18.1 Å². The molecule has 0 fully saturated rings. The van der Waals surface area contributed by atoms with Crippen molar-refractivity contribution in [3.63, 3.8) is 0 Å². The number of nitriles is 1. The number of H-pyrrole nitrogens is 1. The average molecular weight is 178 g/mol. The van der Waals surface area contributed by atoms with E-state index < -0.39 is 11.5 Å². The molecule has 1 rings (SSSR count). The second-order valence-corrected chi connectivity index (χ2v) is 2.23. The van der Waals surface area contributed by atoms with Crippen LogP contribution in [-0.2, 0) is 4.74 Å². The molecule has 1 N–H and O–H groups in total. The molecule has 0 aliphatic rings. The zero-order valence-corrected chi connectivity index (χ0v) is 6.83. The summed E-state index contributed by atoms with van der Waals surface area (Å²) in [6.07, 6.45) is 1.23. The molecule has 1 aromatic heterocycles. The summed E-state index contributed by atoms with van der Waals surface area (Å²) in [6.45, 7) is 0. The highest BCUT2D eigenvalue weighted by atomic mass is 16.5. The molecule has 0 aromatic carbocycles. The number of carbonyl (C=O) groups excluding carboxylic acids is 1. The lowest BCUT2D eigenvalue weighted by atomic mass is 10.2. The molecule has 0 spiro atoms. The Labute approximate surface area is 73.6 Å². The van der Waals surface area contributed by atoms with Gasteiger partial charge >= 0.3 is 5.97 Å². The average Bonchev–Trinajstić information content (AvgIpc) is 2.17. The van der Waals surface area contributed by atoms with Crippen LogP contribution in [0.15, 0.2) is 17.1 Å². The minimum Gasteiger partial charge on any atom is -0.465 e. The fraction of sp³-hybridized carbons (Fsp3) is 0.125.